The number of para-hydroxylation sites is 1. The van der Waals surface area contributed by atoms with E-state index >= 15 is 0 Å². The van der Waals surface area contributed by atoms with Crippen molar-refractivity contribution in [2.24, 2.45) is 5.41 Å². The van der Waals surface area contributed by atoms with Crippen LogP contribution in [-0.2, 0) is 11.2 Å². The molecule has 0 fully saturated rings. The van der Waals surface area contributed by atoms with Crippen molar-refractivity contribution < 1.29 is 23.9 Å². The van der Waals surface area contributed by atoms with E-state index in [-0.39, 0.29) is 17.8 Å². The van der Waals surface area contributed by atoms with Gasteiger partial charge in [-0.2, -0.15) is 0 Å². The minimum atomic E-state index is -1.05. The normalized spacial score (nSPS) is 15.1. The van der Waals surface area contributed by atoms with Crippen LogP contribution < -0.4 is 0 Å². The number of carbonyl (C=O) groups excluding carboxylic acids is 2. The van der Waals surface area contributed by atoms with E-state index in [0.29, 0.717) is 11.9 Å². The van der Waals surface area contributed by atoms with Gasteiger partial charge in [-0.05, 0) is 47.7 Å². The van der Waals surface area contributed by atoms with Crippen LogP contribution in [0.15, 0.2) is 48.5 Å². The van der Waals surface area contributed by atoms with E-state index in [1.54, 1.807) is 16.7 Å². The summed E-state index contributed by atoms with van der Waals surface area (Å²) in [6.45, 7) is 5.59. The number of carbonyl (C=O) groups is 3. The molecule has 2 heterocycles. The second-order valence-corrected chi connectivity index (χ2v) is 8.84. The number of halogens is 1. The number of carboxylic acid groups (broad SMARTS) is 1. The average Bonchev–Trinajstić information content (AvgIpc) is 3.02. The number of amides is 2. The van der Waals surface area contributed by atoms with Crippen LogP contribution in [0.4, 0.5) is 4.39 Å². The first kappa shape index (κ1) is 20.8. The summed E-state index contributed by atoms with van der Waals surface area (Å²) >= 11 is 0. The smallest absolute Gasteiger partial charge is 0.327 e. The molecule has 0 bridgehead atoms. The van der Waals surface area contributed by atoms with Gasteiger partial charge in [-0.1, -0.05) is 39.0 Å². The predicted octanol–water partition coefficient (Wildman–Crippen LogP) is 4.29. The molecule has 0 radical (unpaired) electrons. The Hall–Kier alpha value is -3.48. The van der Waals surface area contributed by atoms with E-state index in [1.165, 1.54) is 24.3 Å². The Morgan fingerprint density at radius 3 is 2.32 bits per heavy atom. The molecule has 31 heavy (non-hydrogen) atoms. The van der Waals surface area contributed by atoms with Crippen LogP contribution in [0.3, 0.4) is 0 Å². The number of aliphatic carboxylic acids is 1. The van der Waals surface area contributed by atoms with Gasteiger partial charge in [0.05, 0.1) is 0 Å². The van der Waals surface area contributed by atoms with Gasteiger partial charge in [0.1, 0.15) is 17.6 Å². The summed E-state index contributed by atoms with van der Waals surface area (Å²) in [4.78, 5) is 40.0. The quantitative estimate of drug-likeness (QED) is 0.639. The molecule has 0 saturated carbocycles. The molecule has 0 spiro atoms. The molecule has 3 aromatic rings. The first-order chi connectivity index (χ1) is 14.6. The predicted molar refractivity (Wildman–Crippen MR) is 114 cm³/mol. The van der Waals surface area contributed by atoms with Crippen molar-refractivity contribution in [1.82, 2.24) is 9.47 Å². The zero-order chi connectivity index (χ0) is 22.5. The largest absolute Gasteiger partial charge is 0.480 e. The summed E-state index contributed by atoms with van der Waals surface area (Å²) in [6.07, 6.45) is 0.415. The third-order valence-electron chi connectivity index (χ3n) is 5.70. The zero-order valence-corrected chi connectivity index (χ0v) is 17.6. The molecule has 6 nitrogen and oxygen atoms in total. The molecule has 1 aromatic heterocycles. The number of fused-ring (bicyclic) bond motifs is 3. The second kappa shape index (κ2) is 7.34. The molecule has 2 aromatic carbocycles. The van der Waals surface area contributed by atoms with Crippen molar-refractivity contribution >= 4 is 28.7 Å². The maximum atomic E-state index is 13.6. The van der Waals surface area contributed by atoms with E-state index in [1.807, 2.05) is 32.9 Å². The van der Waals surface area contributed by atoms with E-state index < -0.39 is 35.1 Å². The van der Waals surface area contributed by atoms with Crippen LogP contribution in [0.2, 0.25) is 0 Å². The van der Waals surface area contributed by atoms with Crippen molar-refractivity contribution in [2.75, 3.05) is 6.54 Å². The van der Waals surface area contributed by atoms with Crippen molar-refractivity contribution in [3.63, 3.8) is 0 Å². The lowest BCUT2D eigenvalue weighted by Crippen LogP contribution is -2.44. The van der Waals surface area contributed by atoms with Crippen LogP contribution in [0, 0.1) is 11.2 Å². The Bertz CT molecular complexity index is 1200. The molecular formula is C24H23FN2O4. The number of benzene rings is 2. The molecule has 7 heteroatoms. The molecule has 0 aliphatic carbocycles. The minimum Gasteiger partial charge on any atom is -0.480 e. The van der Waals surface area contributed by atoms with Crippen molar-refractivity contribution in [3.8, 4) is 0 Å². The first-order valence-corrected chi connectivity index (χ1v) is 10.1. The van der Waals surface area contributed by atoms with Gasteiger partial charge in [-0.15, -0.1) is 0 Å². The van der Waals surface area contributed by atoms with E-state index in [0.717, 1.165) is 15.8 Å². The Kier molecular flexibility index (Phi) is 4.92. The highest BCUT2D eigenvalue weighted by Crippen LogP contribution is 2.40. The number of aromatic nitrogens is 1. The lowest BCUT2D eigenvalue weighted by molar-refractivity contribution is -0.144. The van der Waals surface area contributed by atoms with Crippen molar-refractivity contribution in [1.29, 1.82) is 0 Å². The van der Waals surface area contributed by atoms with Gasteiger partial charge in [-0.3, -0.25) is 14.5 Å². The molecule has 160 valence electrons. The fourth-order valence-electron chi connectivity index (χ4n) is 4.35. The molecule has 1 unspecified atom stereocenters. The summed E-state index contributed by atoms with van der Waals surface area (Å²) in [6, 6.07) is 11.3. The number of carboxylic acids is 1. The first-order valence-electron chi connectivity index (χ1n) is 10.1. The average molecular weight is 422 g/mol. The Morgan fingerprint density at radius 1 is 1.06 bits per heavy atom. The fraction of sp³-hybridized carbons (Fsp3) is 0.292. The number of imide groups is 1. The second-order valence-electron chi connectivity index (χ2n) is 8.84. The zero-order valence-electron chi connectivity index (χ0n) is 17.6. The van der Waals surface area contributed by atoms with E-state index in [9.17, 15) is 23.9 Å². The van der Waals surface area contributed by atoms with Gasteiger partial charge >= 0.3 is 5.97 Å². The Morgan fingerprint density at radius 2 is 1.71 bits per heavy atom. The summed E-state index contributed by atoms with van der Waals surface area (Å²) in [7, 11) is 0. The van der Waals surface area contributed by atoms with Gasteiger partial charge < -0.3 is 9.67 Å². The Balaban J connectivity index is 1.90. The third kappa shape index (κ3) is 3.40. The topological polar surface area (TPSA) is 79.6 Å². The Labute approximate surface area is 178 Å². The van der Waals surface area contributed by atoms with Gasteiger partial charge in [0.15, 0.2) is 0 Å². The van der Waals surface area contributed by atoms with Gasteiger partial charge in [0.2, 0.25) is 0 Å². The van der Waals surface area contributed by atoms with Crippen LogP contribution in [-0.4, -0.2) is 38.9 Å². The van der Waals surface area contributed by atoms with Gasteiger partial charge in [-0.25, -0.2) is 9.18 Å². The lowest BCUT2D eigenvalue weighted by atomic mass is 9.86. The molecular weight excluding hydrogens is 399 g/mol. The van der Waals surface area contributed by atoms with Crippen LogP contribution in [0.25, 0.3) is 10.9 Å². The molecule has 0 saturated heterocycles. The molecule has 1 N–H and O–H groups in total. The molecule has 1 aliphatic heterocycles. The molecule has 1 aliphatic rings. The number of rotatable bonds is 3. The summed E-state index contributed by atoms with van der Waals surface area (Å²) in [5.74, 6) is -2.60. The fourth-order valence-corrected chi connectivity index (χ4v) is 4.35. The highest BCUT2D eigenvalue weighted by Gasteiger charge is 2.41. The summed E-state index contributed by atoms with van der Waals surface area (Å²) in [5, 5.41) is 10.9. The highest BCUT2D eigenvalue weighted by atomic mass is 19.1. The highest BCUT2D eigenvalue weighted by molar-refractivity contribution is 6.13. The standard InChI is InChI=1S/C24H23FN2O4/c1-24(2,3)20(23(30)31)27-18-7-5-4-6-16(18)17-12-13-26(22(29)19(17)27)21(28)14-8-10-15(25)11-9-14/h4-11,20H,12-13H2,1-3H3,(H,30,31). The number of nitrogens with zero attached hydrogens (tertiary/aromatic N) is 2. The van der Waals surface area contributed by atoms with Crippen molar-refractivity contribution in [3.05, 3.63) is 71.2 Å². The number of hydrogen-bond acceptors (Lipinski definition) is 3. The maximum absolute atomic E-state index is 13.6. The van der Waals surface area contributed by atoms with Gasteiger partial charge in [0, 0.05) is 23.0 Å². The SMILES string of the molecule is CC(C)(C)C(C(=O)O)n1c2c(c3ccccc31)CCN(C(=O)c1ccc(F)cc1)C2=O. The van der Waals surface area contributed by atoms with E-state index in [2.05, 4.69) is 0 Å². The molecule has 2 amide bonds. The summed E-state index contributed by atoms with van der Waals surface area (Å²) in [5.41, 5.74) is 1.14. The minimum absolute atomic E-state index is 0.170. The lowest BCUT2D eigenvalue weighted by Gasteiger charge is -2.33. The maximum Gasteiger partial charge on any atom is 0.327 e. The van der Waals surface area contributed by atoms with Crippen molar-refractivity contribution in [2.45, 2.75) is 33.2 Å². The third-order valence-corrected chi connectivity index (χ3v) is 5.70. The number of hydrogen-bond donors (Lipinski definition) is 1. The van der Waals surface area contributed by atoms with Crippen LogP contribution >= 0.6 is 0 Å². The molecule has 4 rings (SSSR count). The van der Waals surface area contributed by atoms with Crippen LogP contribution in [0.1, 0.15) is 53.2 Å². The monoisotopic (exact) mass is 422 g/mol. The molecule has 1 atom stereocenters. The summed E-state index contributed by atoms with van der Waals surface area (Å²) < 4.78 is 14.8. The van der Waals surface area contributed by atoms with Crippen LogP contribution in [0.5, 0.6) is 0 Å². The van der Waals surface area contributed by atoms with Gasteiger partial charge in [0.25, 0.3) is 11.8 Å². The van der Waals surface area contributed by atoms with E-state index in [4.69, 9.17) is 0 Å².